The molecule has 0 aromatic heterocycles. The van der Waals surface area contributed by atoms with Gasteiger partial charge in [0.1, 0.15) is 18.8 Å². The number of imide groups is 1. The van der Waals surface area contributed by atoms with Gasteiger partial charge in [-0.05, 0) is 66.1 Å². The molecule has 38 heavy (non-hydrogen) atoms. The van der Waals surface area contributed by atoms with E-state index in [0.717, 1.165) is 16.0 Å². The Kier molecular flexibility index (Phi) is 8.61. The number of hydrogen-bond acceptors (Lipinski definition) is 5. The summed E-state index contributed by atoms with van der Waals surface area (Å²) in [5, 5.41) is 6.08. The number of carbonyl (C=O) groups is 3. The van der Waals surface area contributed by atoms with Crippen LogP contribution >= 0.6 is 39.1 Å². The van der Waals surface area contributed by atoms with Gasteiger partial charge in [0.05, 0.1) is 17.2 Å². The van der Waals surface area contributed by atoms with Gasteiger partial charge in [0.2, 0.25) is 5.91 Å². The summed E-state index contributed by atoms with van der Waals surface area (Å²) in [4.78, 5) is 38.7. The van der Waals surface area contributed by atoms with Gasteiger partial charge in [-0.2, -0.15) is 0 Å². The molecule has 0 bridgehead atoms. The molecule has 1 aliphatic heterocycles. The molecular formula is C27H22BrCl2N3O5. The predicted octanol–water partition coefficient (Wildman–Crippen LogP) is 6.18. The van der Waals surface area contributed by atoms with Crippen molar-refractivity contribution >= 4 is 68.7 Å². The molecule has 8 nitrogen and oxygen atoms in total. The van der Waals surface area contributed by atoms with Crippen LogP contribution in [0, 0.1) is 6.92 Å². The fraction of sp³-hybridized carbons (Fsp3) is 0.148. The highest BCUT2D eigenvalue weighted by Crippen LogP contribution is 2.35. The lowest BCUT2D eigenvalue weighted by Crippen LogP contribution is -2.38. The fourth-order valence-electron chi connectivity index (χ4n) is 3.66. The van der Waals surface area contributed by atoms with Gasteiger partial charge in [-0.15, -0.1) is 0 Å². The minimum absolute atomic E-state index is 0.0191. The van der Waals surface area contributed by atoms with Gasteiger partial charge in [0.25, 0.3) is 5.91 Å². The molecule has 0 radical (unpaired) electrons. The highest BCUT2D eigenvalue weighted by atomic mass is 79.9. The number of aryl methyl sites for hydroxylation is 1. The Hall–Kier alpha value is -3.53. The van der Waals surface area contributed by atoms with E-state index in [1.165, 1.54) is 13.2 Å². The van der Waals surface area contributed by atoms with Crippen molar-refractivity contribution in [3.8, 4) is 11.5 Å². The third-order valence-corrected chi connectivity index (χ3v) is 6.95. The molecule has 1 fully saturated rings. The van der Waals surface area contributed by atoms with Gasteiger partial charge in [-0.1, -0.05) is 57.3 Å². The molecule has 0 spiro atoms. The number of hydrogen-bond donors (Lipinski definition) is 2. The van der Waals surface area contributed by atoms with Crippen LogP contribution in [0.25, 0.3) is 6.08 Å². The average Bonchev–Trinajstić information content (AvgIpc) is 3.13. The van der Waals surface area contributed by atoms with E-state index < -0.39 is 24.4 Å². The maximum absolute atomic E-state index is 12.9. The smallest absolute Gasteiger partial charge is 0.329 e. The molecule has 2 N–H and O–H groups in total. The summed E-state index contributed by atoms with van der Waals surface area (Å²) in [5.74, 6) is -0.262. The topological polar surface area (TPSA) is 97.0 Å². The van der Waals surface area contributed by atoms with Crippen molar-refractivity contribution < 1.29 is 23.9 Å². The van der Waals surface area contributed by atoms with Gasteiger partial charge >= 0.3 is 6.03 Å². The minimum atomic E-state index is -0.690. The molecule has 3 aromatic carbocycles. The van der Waals surface area contributed by atoms with Crippen LogP contribution in [-0.4, -0.2) is 36.4 Å². The van der Waals surface area contributed by atoms with Crippen molar-refractivity contribution in [3.05, 3.63) is 91.5 Å². The maximum Gasteiger partial charge on any atom is 0.329 e. The highest BCUT2D eigenvalue weighted by molar-refractivity contribution is 9.10. The SMILES string of the molecule is COc1cc(/C=C2/NC(=O)N(CC(=O)Nc3cccc(C)c3)C2=O)c(Br)cc1OCc1ccc(Cl)c(Cl)c1. The van der Waals surface area contributed by atoms with Crippen molar-refractivity contribution in [2.24, 2.45) is 0 Å². The Morgan fingerprint density at radius 1 is 1.08 bits per heavy atom. The number of amides is 4. The second-order valence-electron chi connectivity index (χ2n) is 8.36. The van der Waals surface area contributed by atoms with Gasteiger partial charge in [-0.25, -0.2) is 9.69 Å². The zero-order valence-corrected chi connectivity index (χ0v) is 23.4. The first-order valence-corrected chi connectivity index (χ1v) is 12.8. The molecule has 3 aromatic rings. The van der Waals surface area contributed by atoms with Crippen LogP contribution in [0.2, 0.25) is 10.0 Å². The molecule has 0 saturated carbocycles. The van der Waals surface area contributed by atoms with Gasteiger partial charge < -0.3 is 20.1 Å². The molecule has 1 aliphatic rings. The Morgan fingerprint density at radius 3 is 2.58 bits per heavy atom. The van der Waals surface area contributed by atoms with Crippen LogP contribution in [0.4, 0.5) is 10.5 Å². The minimum Gasteiger partial charge on any atom is -0.493 e. The van der Waals surface area contributed by atoms with E-state index in [1.807, 2.05) is 13.0 Å². The molecule has 4 amide bonds. The largest absolute Gasteiger partial charge is 0.493 e. The summed E-state index contributed by atoms with van der Waals surface area (Å²) in [6.45, 7) is 1.68. The van der Waals surface area contributed by atoms with Crippen molar-refractivity contribution in [1.29, 1.82) is 0 Å². The van der Waals surface area contributed by atoms with Gasteiger partial charge in [0.15, 0.2) is 11.5 Å². The maximum atomic E-state index is 12.9. The number of benzene rings is 3. The van der Waals surface area contributed by atoms with E-state index >= 15 is 0 Å². The summed E-state index contributed by atoms with van der Waals surface area (Å²) in [5.41, 5.74) is 2.93. The molecule has 0 aliphatic carbocycles. The van der Waals surface area contributed by atoms with E-state index in [9.17, 15) is 14.4 Å². The molecular weight excluding hydrogens is 597 g/mol. The van der Waals surface area contributed by atoms with E-state index in [1.54, 1.807) is 48.5 Å². The third kappa shape index (κ3) is 6.48. The van der Waals surface area contributed by atoms with Crippen molar-refractivity contribution in [2.45, 2.75) is 13.5 Å². The quantitative estimate of drug-likeness (QED) is 0.232. The van der Waals surface area contributed by atoms with Crippen LogP contribution < -0.4 is 20.1 Å². The lowest BCUT2D eigenvalue weighted by atomic mass is 10.1. The molecule has 1 heterocycles. The van der Waals surface area contributed by atoms with Crippen LogP contribution in [0.5, 0.6) is 11.5 Å². The van der Waals surface area contributed by atoms with Crippen molar-refractivity contribution in [3.63, 3.8) is 0 Å². The zero-order chi connectivity index (χ0) is 27.4. The molecule has 4 rings (SSSR count). The Labute approximate surface area is 237 Å². The molecule has 0 unspecified atom stereocenters. The van der Waals surface area contributed by atoms with Gasteiger partial charge in [-0.3, -0.25) is 9.59 Å². The number of halogens is 3. The fourth-order valence-corrected chi connectivity index (χ4v) is 4.42. The number of rotatable bonds is 8. The number of anilines is 1. The number of ether oxygens (including phenoxy) is 2. The number of methoxy groups -OCH3 is 1. The summed E-state index contributed by atoms with van der Waals surface area (Å²) < 4.78 is 12.0. The Morgan fingerprint density at radius 2 is 1.87 bits per heavy atom. The monoisotopic (exact) mass is 617 g/mol. The summed E-state index contributed by atoms with van der Waals surface area (Å²) in [6.07, 6.45) is 1.49. The second kappa shape index (κ2) is 11.9. The second-order valence-corrected chi connectivity index (χ2v) is 10.0. The van der Waals surface area contributed by atoms with Crippen LogP contribution in [0.1, 0.15) is 16.7 Å². The molecule has 0 atom stereocenters. The first-order valence-electron chi connectivity index (χ1n) is 11.3. The normalized spacial score (nSPS) is 14.0. The van der Waals surface area contributed by atoms with Crippen LogP contribution in [0.15, 0.2) is 64.8 Å². The zero-order valence-electron chi connectivity index (χ0n) is 20.3. The summed E-state index contributed by atoms with van der Waals surface area (Å²) in [7, 11) is 1.49. The van der Waals surface area contributed by atoms with Crippen LogP contribution in [0.3, 0.4) is 0 Å². The third-order valence-electron chi connectivity index (χ3n) is 5.53. The lowest BCUT2D eigenvalue weighted by molar-refractivity contribution is -0.127. The number of carbonyl (C=O) groups excluding carboxylic acids is 3. The number of urea groups is 1. The van der Waals surface area contributed by atoms with Crippen LogP contribution in [-0.2, 0) is 16.2 Å². The lowest BCUT2D eigenvalue weighted by Gasteiger charge is -2.13. The van der Waals surface area contributed by atoms with Gasteiger partial charge in [0, 0.05) is 10.2 Å². The highest BCUT2D eigenvalue weighted by Gasteiger charge is 2.35. The van der Waals surface area contributed by atoms with E-state index in [0.29, 0.717) is 37.3 Å². The van der Waals surface area contributed by atoms with E-state index in [4.69, 9.17) is 32.7 Å². The molecule has 196 valence electrons. The predicted molar refractivity (Wildman–Crippen MR) is 150 cm³/mol. The molecule has 1 saturated heterocycles. The number of nitrogens with one attached hydrogen (secondary N) is 2. The summed E-state index contributed by atoms with van der Waals surface area (Å²) in [6, 6.07) is 15.1. The van der Waals surface area contributed by atoms with E-state index in [-0.39, 0.29) is 12.3 Å². The number of nitrogens with zero attached hydrogens (tertiary/aromatic N) is 1. The van der Waals surface area contributed by atoms with Crippen molar-refractivity contribution in [1.82, 2.24) is 10.2 Å². The standard InChI is InChI=1S/C27H22BrCl2N3O5/c1-15-4-3-5-18(8-15)31-25(34)13-33-26(35)22(32-27(33)36)10-17-11-23(37-2)24(12-19(17)28)38-14-16-6-7-20(29)21(30)9-16/h3-12H,13-14H2,1-2H3,(H,31,34)(H,32,36)/b22-10+. The summed E-state index contributed by atoms with van der Waals surface area (Å²) >= 11 is 15.5. The first-order chi connectivity index (χ1) is 18.1. The van der Waals surface area contributed by atoms with Crippen molar-refractivity contribution in [2.75, 3.05) is 19.0 Å². The average molecular weight is 619 g/mol. The Bertz CT molecular complexity index is 1460. The molecule has 11 heteroatoms. The van der Waals surface area contributed by atoms with E-state index in [2.05, 4.69) is 26.6 Å². The Balaban J connectivity index is 1.47. The first kappa shape index (κ1) is 27.5.